The van der Waals surface area contributed by atoms with Crippen LogP contribution in [0.1, 0.15) is 11.1 Å². The molecule has 0 radical (unpaired) electrons. The van der Waals surface area contributed by atoms with Gasteiger partial charge >= 0.3 is 0 Å². The van der Waals surface area contributed by atoms with E-state index in [0.717, 1.165) is 11.1 Å². The van der Waals surface area contributed by atoms with Crippen LogP contribution in [0, 0.1) is 11.3 Å². The maximum Gasteiger partial charge on any atom is 0.262 e. The lowest BCUT2D eigenvalue weighted by molar-refractivity contribution is -0.117. The molecule has 22 heavy (non-hydrogen) atoms. The van der Waals surface area contributed by atoms with Crippen molar-refractivity contribution in [1.82, 2.24) is 10.3 Å². The molecule has 1 aromatic carbocycles. The Kier molecular flexibility index (Phi) is 5.27. The first-order valence-electron chi connectivity index (χ1n) is 6.66. The van der Waals surface area contributed by atoms with Crippen molar-refractivity contribution < 1.29 is 9.53 Å². The summed E-state index contributed by atoms with van der Waals surface area (Å²) in [6.07, 6.45) is 4.86. The van der Waals surface area contributed by atoms with Crippen LogP contribution in [0.2, 0.25) is 0 Å². The third-order valence-electron chi connectivity index (χ3n) is 2.95. The Balaban J connectivity index is 2.08. The zero-order valence-corrected chi connectivity index (χ0v) is 12.1. The Morgan fingerprint density at radius 2 is 2.27 bits per heavy atom. The van der Waals surface area contributed by atoms with Gasteiger partial charge in [-0.1, -0.05) is 18.2 Å². The highest BCUT2D eigenvalue weighted by atomic mass is 16.5. The Morgan fingerprint density at radius 3 is 2.95 bits per heavy atom. The average molecular weight is 293 g/mol. The van der Waals surface area contributed by atoms with Crippen molar-refractivity contribution >= 4 is 12.0 Å². The molecule has 0 aliphatic heterocycles. The predicted octanol–water partition coefficient (Wildman–Crippen LogP) is 2.31. The second-order valence-corrected chi connectivity index (χ2v) is 4.49. The van der Waals surface area contributed by atoms with E-state index in [9.17, 15) is 4.79 Å². The van der Waals surface area contributed by atoms with Crippen LogP contribution in [-0.4, -0.2) is 18.0 Å². The SMILES string of the molecule is COc1cccc(/C=C(\C#N)C(=O)NCc2cccnc2)c1. The number of amides is 1. The van der Waals surface area contributed by atoms with Crippen molar-refractivity contribution in [1.29, 1.82) is 5.26 Å². The molecule has 0 fully saturated rings. The second kappa shape index (κ2) is 7.60. The molecule has 1 aromatic heterocycles. The molecule has 0 bridgehead atoms. The molecule has 5 nitrogen and oxygen atoms in total. The van der Waals surface area contributed by atoms with Gasteiger partial charge in [-0.15, -0.1) is 0 Å². The number of methoxy groups -OCH3 is 1. The van der Waals surface area contributed by atoms with E-state index < -0.39 is 5.91 Å². The molecule has 0 atom stereocenters. The number of nitrogens with one attached hydrogen (secondary N) is 1. The number of nitriles is 1. The van der Waals surface area contributed by atoms with Gasteiger partial charge < -0.3 is 10.1 Å². The van der Waals surface area contributed by atoms with Crippen LogP contribution >= 0.6 is 0 Å². The second-order valence-electron chi connectivity index (χ2n) is 4.49. The monoisotopic (exact) mass is 293 g/mol. The maximum absolute atomic E-state index is 12.1. The number of nitrogens with zero attached hydrogens (tertiary/aromatic N) is 2. The van der Waals surface area contributed by atoms with Gasteiger partial charge in [-0.3, -0.25) is 9.78 Å². The van der Waals surface area contributed by atoms with Gasteiger partial charge in [0.05, 0.1) is 7.11 Å². The zero-order chi connectivity index (χ0) is 15.8. The van der Waals surface area contributed by atoms with Crippen LogP contribution in [-0.2, 0) is 11.3 Å². The highest BCUT2D eigenvalue weighted by Gasteiger charge is 2.09. The Hall–Kier alpha value is -3.13. The molecule has 0 saturated heterocycles. The summed E-state index contributed by atoms with van der Waals surface area (Å²) in [4.78, 5) is 16.0. The smallest absolute Gasteiger partial charge is 0.262 e. The number of aromatic nitrogens is 1. The minimum atomic E-state index is -0.422. The fourth-order valence-corrected chi connectivity index (χ4v) is 1.83. The van der Waals surface area contributed by atoms with Gasteiger partial charge in [-0.05, 0) is 35.4 Å². The molecule has 2 rings (SSSR count). The molecular formula is C17H15N3O2. The highest BCUT2D eigenvalue weighted by molar-refractivity contribution is 6.01. The molecule has 5 heteroatoms. The molecule has 0 unspecified atom stereocenters. The van der Waals surface area contributed by atoms with E-state index in [-0.39, 0.29) is 5.57 Å². The van der Waals surface area contributed by atoms with E-state index in [1.54, 1.807) is 49.8 Å². The third-order valence-corrected chi connectivity index (χ3v) is 2.95. The van der Waals surface area contributed by atoms with Gasteiger partial charge in [0, 0.05) is 18.9 Å². The van der Waals surface area contributed by atoms with E-state index in [2.05, 4.69) is 10.3 Å². The molecule has 0 aliphatic carbocycles. The quantitative estimate of drug-likeness (QED) is 0.678. The Labute approximate surface area is 128 Å². The lowest BCUT2D eigenvalue weighted by Gasteiger charge is -2.04. The maximum atomic E-state index is 12.1. The molecule has 110 valence electrons. The van der Waals surface area contributed by atoms with E-state index >= 15 is 0 Å². The first-order chi connectivity index (χ1) is 10.7. The van der Waals surface area contributed by atoms with Gasteiger partial charge in [0.2, 0.25) is 0 Å². The van der Waals surface area contributed by atoms with Crippen molar-refractivity contribution in [3.63, 3.8) is 0 Å². The van der Waals surface area contributed by atoms with Gasteiger partial charge in [-0.25, -0.2) is 0 Å². The van der Waals surface area contributed by atoms with Crippen LogP contribution in [0.25, 0.3) is 6.08 Å². The molecule has 1 heterocycles. The van der Waals surface area contributed by atoms with Crippen LogP contribution < -0.4 is 10.1 Å². The minimum Gasteiger partial charge on any atom is -0.497 e. The van der Waals surface area contributed by atoms with Crippen molar-refractivity contribution in [3.8, 4) is 11.8 Å². The van der Waals surface area contributed by atoms with Gasteiger partial charge in [0.15, 0.2) is 0 Å². The lowest BCUT2D eigenvalue weighted by Crippen LogP contribution is -2.23. The number of rotatable bonds is 5. The molecule has 0 aliphatic rings. The summed E-state index contributed by atoms with van der Waals surface area (Å²) >= 11 is 0. The summed E-state index contributed by atoms with van der Waals surface area (Å²) in [5.74, 6) is 0.246. The van der Waals surface area contributed by atoms with E-state index in [1.807, 2.05) is 12.1 Å². The van der Waals surface area contributed by atoms with Crippen molar-refractivity contribution in [2.24, 2.45) is 0 Å². The van der Waals surface area contributed by atoms with Crippen LogP contribution in [0.4, 0.5) is 0 Å². The standard InChI is InChI=1S/C17H15N3O2/c1-22-16-6-2-4-13(9-16)8-15(10-18)17(21)20-12-14-5-3-7-19-11-14/h2-9,11H,12H2,1H3,(H,20,21)/b15-8+. The summed E-state index contributed by atoms with van der Waals surface area (Å²) in [6, 6.07) is 12.7. The number of pyridine rings is 1. The first kappa shape index (κ1) is 15.3. The molecule has 1 N–H and O–H groups in total. The molecule has 0 spiro atoms. The molecule has 0 saturated carbocycles. The summed E-state index contributed by atoms with van der Waals surface area (Å²) in [5, 5.41) is 11.9. The van der Waals surface area contributed by atoms with Crippen LogP contribution in [0.5, 0.6) is 5.75 Å². The number of carbonyl (C=O) groups excluding carboxylic acids is 1. The normalized spacial score (nSPS) is 10.6. The number of hydrogen-bond acceptors (Lipinski definition) is 4. The highest BCUT2D eigenvalue weighted by Crippen LogP contribution is 2.15. The lowest BCUT2D eigenvalue weighted by atomic mass is 10.1. The summed E-state index contributed by atoms with van der Waals surface area (Å²) in [7, 11) is 1.56. The van der Waals surface area contributed by atoms with Crippen molar-refractivity contribution in [2.45, 2.75) is 6.54 Å². The molecule has 1 amide bonds. The number of hydrogen-bond donors (Lipinski definition) is 1. The summed E-state index contributed by atoms with van der Waals surface area (Å²) in [5.41, 5.74) is 1.64. The number of benzene rings is 1. The Morgan fingerprint density at radius 1 is 1.41 bits per heavy atom. The fourth-order valence-electron chi connectivity index (χ4n) is 1.83. The molecular weight excluding hydrogens is 278 g/mol. The van der Waals surface area contributed by atoms with E-state index in [0.29, 0.717) is 12.3 Å². The Bertz CT molecular complexity index is 718. The van der Waals surface area contributed by atoms with Crippen molar-refractivity contribution in [2.75, 3.05) is 7.11 Å². The average Bonchev–Trinajstić information content (AvgIpc) is 2.58. The van der Waals surface area contributed by atoms with E-state index in [1.165, 1.54) is 6.08 Å². The zero-order valence-electron chi connectivity index (χ0n) is 12.1. The fraction of sp³-hybridized carbons (Fsp3) is 0.118. The minimum absolute atomic E-state index is 0.0390. The largest absolute Gasteiger partial charge is 0.497 e. The first-order valence-corrected chi connectivity index (χ1v) is 6.66. The predicted molar refractivity (Wildman–Crippen MR) is 82.7 cm³/mol. The van der Waals surface area contributed by atoms with Gasteiger partial charge in [0.1, 0.15) is 17.4 Å². The van der Waals surface area contributed by atoms with E-state index in [4.69, 9.17) is 10.00 Å². The van der Waals surface area contributed by atoms with Gasteiger partial charge in [-0.2, -0.15) is 5.26 Å². The third kappa shape index (κ3) is 4.18. The van der Waals surface area contributed by atoms with Gasteiger partial charge in [0.25, 0.3) is 5.91 Å². The summed E-state index contributed by atoms with van der Waals surface area (Å²) < 4.78 is 5.12. The number of ether oxygens (including phenoxy) is 1. The topological polar surface area (TPSA) is 75.0 Å². The van der Waals surface area contributed by atoms with Crippen LogP contribution in [0.3, 0.4) is 0 Å². The molecule has 2 aromatic rings. The number of carbonyl (C=O) groups is 1. The van der Waals surface area contributed by atoms with Crippen molar-refractivity contribution in [3.05, 3.63) is 65.5 Å². The summed E-state index contributed by atoms with van der Waals surface area (Å²) in [6.45, 7) is 0.323. The van der Waals surface area contributed by atoms with Crippen LogP contribution in [0.15, 0.2) is 54.4 Å².